The number of carbonyl (C=O) groups excluding carboxylic acids is 1. The lowest BCUT2D eigenvalue weighted by Crippen LogP contribution is -2.27. The van der Waals surface area contributed by atoms with Crippen LogP contribution in [0.15, 0.2) is 18.2 Å². The van der Waals surface area contributed by atoms with Crippen LogP contribution in [-0.2, 0) is 4.74 Å². The van der Waals surface area contributed by atoms with Crippen LogP contribution < -0.4 is 5.73 Å². The van der Waals surface area contributed by atoms with Crippen LogP contribution in [0.25, 0.3) is 10.9 Å². The highest BCUT2D eigenvalue weighted by Crippen LogP contribution is 2.25. The number of nitrogen functional groups attached to an aromatic ring is 1. The van der Waals surface area contributed by atoms with Gasteiger partial charge in [0.2, 0.25) is 0 Å². The smallest absolute Gasteiger partial charge is 0.435 e. The summed E-state index contributed by atoms with van der Waals surface area (Å²) in [6.45, 7) is 5.43. The minimum Gasteiger partial charge on any atom is -0.442 e. The molecular formula is C12H14IN3O2. The summed E-state index contributed by atoms with van der Waals surface area (Å²) >= 11 is 2.07. The molecule has 1 aromatic carbocycles. The highest BCUT2D eigenvalue weighted by atomic mass is 127. The standard InChI is InChI=1S/C12H14IN3O2/c1-12(2,3)18-11(17)16-9-7(10(13)15-16)5-4-6-8(9)14/h4-6H,14H2,1-3H3. The molecule has 0 fully saturated rings. The van der Waals surface area contributed by atoms with Crippen molar-refractivity contribution in [2.75, 3.05) is 5.73 Å². The van der Waals surface area contributed by atoms with Gasteiger partial charge in [0, 0.05) is 5.39 Å². The summed E-state index contributed by atoms with van der Waals surface area (Å²) in [7, 11) is 0. The summed E-state index contributed by atoms with van der Waals surface area (Å²) in [6.07, 6.45) is -0.520. The molecule has 0 amide bonds. The zero-order valence-corrected chi connectivity index (χ0v) is 12.6. The number of nitrogens with two attached hydrogens (primary N) is 1. The van der Waals surface area contributed by atoms with E-state index in [1.54, 1.807) is 6.07 Å². The van der Waals surface area contributed by atoms with Gasteiger partial charge in [0.15, 0.2) is 0 Å². The number of fused-ring (bicyclic) bond motifs is 1. The van der Waals surface area contributed by atoms with E-state index in [1.165, 1.54) is 4.68 Å². The van der Waals surface area contributed by atoms with Crippen molar-refractivity contribution in [3.63, 3.8) is 0 Å². The average Bonchev–Trinajstić information content (AvgIpc) is 2.56. The second-order valence-corrected chi connectivity index (χ2v) is 5.95. The Morgan fingerprint density at radius 2 is 2.11 bits per heavy atom. The minimum atomic E-state index is -0.565. The molecule has 0 spiro atoms. The number of benzene rings is 1. The number of aromatic nitrogens is 2. The van der Waals surface area contributed by atoms with Crippen LogP contribution in [0, 0.1) is 3.70 Å². The minimum absolute atomic E-state index is 0.508. The molecule has 2 aromatic rings. The molecule has 2 N–H and O–H groups in total. The van der Waals surface area contributed by atoms with Crippen molar-refractivity contribution in [3.05, 3.63) is 21.9 Å². The lowest BCUT2D eigenvalue weighted by Gasteiger charge is -2.19. The van der Waals surface area contributed by atoms with E-state index in [-0.39, 0.29) is 0 Å². The van der Waals surface area contributed by atoms with Gasteiger partial charge in [-0.25, -0.2) is 4.79 Å². The molecule has 0 atom stereocenters. The van der Waals surface area contributed by atoms with E-state index in [0.29, 0.717) is 11.2 Å². The number of ether oxygens (including phenoxy) is 1. The summed E-state index contributed by atoms with van der Waals surface area (Å²) in [5.41, 5.74) is 6.44. The lowest BCUT2D eigenvalue weighted by atomic mass is 10.2. The summed E-state index contributed by atoms with van der Waals surface area (Å²) < 4.78 is 7.25. The van der Waals surface area contributed by atoms with Crippen molar-refractivity contribution < 1.29 is 9.53 Å². The van der Waals surface area contributed by atoms with Crippen molar-refractivity contribution in [1.29, 1.82) is 0 Å². The largest absolute Gasteiger partial charge is 0.442 e. The molecule has 5 nitrogen and oxygen atoms in total. The van der Waals surface area contributed by atoms with Crippen molar-refractivity contribution in [2.24, 2.45) is 0 Å². The predicted octanol–water partition coefficient (Wildman–Crippen LogP) is 3.01. The van der Waals surface area contributed by atoms with Crippen LogP contribution in [0.5, 0.6) is 0 Å². The Morgan fingerprint density at radius 1 is 1.44 bits per heavy atom. The number of anilines is 1. The van der Waals surface area contributed by atoms with Crippen LogP contribution in [0.1, 0.15) is 20.8 Å². The number of hydrogen-bond donors (Lipinski definition) is 1. The molecule has 96 valence electrons. The van der Waals surface area contributed by atoms with Crippen LogP contribution in [0.3, 0.4) is 0 Å². The van der Waals surface area contributed by atoms with E-state index < -0.39 is 11.7 Å². The van der Waals surface area contributed by atoms with Gasteiger partial charge in [0.05, 0.1) is 5.69 Å². The Bertz CT molecular complexity index is 614. The average molecular weight is 359 g/mol. The van der Waals surface area contributed by atoms with Gasteiger partial charge in [-0.05, 0) is 55.5 Å². The molecule has 6 heteroatoms. The van der Waals surface area contributed by atoms with Gasteiger partial charge in [-0.2, -0.15) is 9.78 Å². The van der Waals surface area contributed by atoms with E-state index in [1.807, 2.05) is 32.9 Å². The monoisotopic (exact) mass is 359 g/mol. The molecule has 0 aliphatic heterocycles. The molecule has 18 heavy (non-hydrogen) atoms. The molecule has 0 saturated carbocycles. The van der Waals surface area contributed by atoms with Crippen molar-refractivity contribution in [3.8, 4) is 0 Å². The van der Waals surface area contributed by atoms with Crippen LogP contribution >= 0.6 is 22.6 Å². The van der Waals surface area contributed by atoms with Gasteiger partial charge in [-0.15, -0.1) is 0 Å². The normalized spacial score (nSPS) is 11.8. The van der Waals surface area contributed by atoms with Gasteiger partial charge in [-0.1, -0.05) is 6.07 Å². The number of nitrogens with zero attached hydrogens (tertiary/aromatic N) is 2. The molecular weight excluding hydrogens is 345 g/mol. The number of hydrogen-bond acceptors (Lipinski definition) is 4. The lowest BCUT2D eigenvalue weighted by molar-refractivity contribution is 0.0522. The molecule has 2 rings (SSSR count). The molecule has 0 unspecified atom stereocenters. The third kappa shape index (κ3) is 2.43. The first kappa shape index (κ1) is 13.1. The Hall–Kier alpha value is -1.31. The summed E-state index contributed by atoms with van der Waals surface area (Å²) in [6, 6.07) is 5.45. The number of carbonyl (C=O) groups is 1. The molecule has 0 aliphatic rings. The summed E-state index contributed by atoms with van der Waals surface area (Å²) in [4.78, 5) is 12.1. The number of halogens is 1. The Balaban J connectivity index is 2.55. The third-order valence-electron chi connectivity index (χ3n) is 2.26. The van der Waals surface area contributed by atoms with Gasteiger partial charge in [0.25, 0.3) is 0 Å². The molecule has 0 radical (unpaired) electrons. The molecule has 1 aromatic heterocycles. The van der Waals surface area contributed by atoms with Crippen molar-refractivity contribution in [2.45, 2.75) is 26.4 Å². The van der Waals surface area contributed by atoms with Crippen LogP contribution in [0.4, 0.5) is 10.5 Å². The fourth-order valence-electron chi connectivity index (χ4n) is 1.59. The zero-order valence-electron chi connectivity index (χ0n) is 10.4. The quantitative estimate of drug-likeness (QED) is 0.580. The highest BCUT2D eigenvalue weighted by molar-refractivity contribution is 14.1. The maximum absolute atomic E-state index is 12.1. The first-order valence-corrected chi connectivity index (χ1v) is 6.53. The van der Waals surface area contributed by atoms with Gasteiger partial charge in [-0.3, -0.25) is 0 Å². The van der Waals surface area contributed by atoms with Gasteiger partial charge >= 0.3 is 6.09 Å². The topological polar surface area (TPSA) is 70.1 Å². The SMILES string of the molecule is CC(C)(C)OC(=O)n1nc(I)c2cccc(N)c21. The predicted molar refractivity (Wildman–Crippen MR) is 78.5 cm³/mol. The Labute approximate surface area is 118 Å². The fourth-order valence-corrected chi connectivity index (χ4v) is 2.24. The summed E-state index contributed by atoms with van der Waals surface area (Å²) in [5.74, 6) is 0. The van der Waals surface area contributed by atoms with Gasteiger partial charge < -0.3 is 10.5 Å². The Morgan fingerprint density at radius 3 is 2.72 bits per heavy atom. The fraction of sp³-hybridized carbons (Fsp3) is 0.333. The van der Waals surface area contributed by atoms with E-state index in [9.17, 15) is 4.79 Å². The zero-order chi connectivity index (χ0) is 13.5. The molecule has 0 saturated heterocycles. The van der Waals surface area contributed by atoms with E-state index in [0.717, 1.165) is 9.09 Å². The highest BCUT2D eigenvalue weighted by Gasteiger charge is 2.22. The van der Waals surface area contributed by atoms with Gasteiger partial charge in [0.1, 0.15) is 14.8 Å². The summed E-state index contributed by atoms with van der Waals surface area (Å²) in [5, 5.41) is 5.03. The van der Waals surface area contributed by atoms with Crippen LogP contribution in [0.2, 0.25) is 0 Å². The number of rotatable bonds is 0. The second kappa shape index (κ2) is 4.42. The Kier molecular flexibility index (Phi) is 3.22. The first-order chi connectivity index (χ1) is 8.29. The maximum Gasteiger partial charge on any atom is 0.435 e. The molecule has 1 heterocycles. The molecule has 0 bridgehead atoms. The molecule has 0 aliphatic carbocycles. The number of para-hydroxylation sites is 1. The van der Waals surface area contributed by atoms with Crippen LogP contribution in [-0.4, -0.2) is 21.5 Å². The second-order valence-electron chi connectivity index (χ2n) is 4.93. The van der Waals surface area contributed by atoms with Crippen molar-refractivity contribution in [1.82, 2.24) is 9.78 Å². The van der Waals surface area contributed by atoms with E-state index in [2.05, 4.69) is 27.7 Å². The van der Waals surface area contributed by atoms with E-state index >= 15 is 0 Å². The first-order valence-electron chi connectivity index (χ1n) is 5.45. The van der Waals surface area contributed by atoms with Crippen molar-refractivity contribution >= 4 is 45.3 Å². The third-order valence-corrected chi connectivity index (χ3v) is 3.05. The maximum atomic E-state index is 12.1. The van der Waals surface area contributed by atoms with E-state index in [4.69, 9.17) is 10.5 Å².